The van der Waals surface area contributed by atoms with Crippen LogP contribution in [-0.2, 0) is 20.6 Å². The minimum Gasteiger partial charge on any atom is -0.325 e. The lowest BCUT2D eigenvalue weighted by molar-refractivity contribution is -0.115. The van der Waals surface area contributed by atoms with Gasteiger partial charge in [-0.3, -0.25) is 4.79 Å². The first kappa shape index (κ1) is 19.5. The third-order valence-electron chi connectivity index (χ3n) is 3.59. The van der Waals surface area contributed by atoms with Crippen molar-refractivity contribution in [2.45, 2.75) is 22.8 Å². The lowest BCUT2D eigenvalue weighted by Gasteiger charge is -2.14. The molecule has 134 valence electrons. The zero-order valence-corrected chi connectivity index (χ0v) is 16.1. The molecule has 0 aliphatic carbocycles. The van der Waals surface area contributed by atoms with Crippen molar-refractivity contribution in [1.82, 2.24) is 4.31 Å². The van der Waals surface area contributed by atoms with Crippen molar-refractivity contribution in [1.29, 1.82) is 0 Å². The van der Waals surface area contributed by atoms with Crippen LogP contribution in [0.15, 0.2) is 59.5 Å². The normalized spacial score (nSPS) is 12.8. The largest absolute Gasteiger partial charge is 0.325 e. The number of amides is 1. The van der Waals surface area contributed by atoms with Gasteiger partial charge >= 0.3 is 0 Å². The number of hydrogen-bond acceptors (Lipinski definition) is 4. The molecule has 0 unspecified atom stereocenters. The van der Waals surface area contributed by atoms with Crippen molar-refractivity contribution in [3.63, 3.8) is 0 Å². The van der Waals surface area contributed by atoms with Crippen LogP contribution >= 0.6 is 11.8 Å². The molecule has 0 aliphatic rings. The molecule has 0 spiro atoms. The average Bonchev–Trinajstić information content (AvgIpc) is 2.60. The van der Waals surface area contributed by atoms with Crippen LogP contribution < -0.4 is 5.32 Å². The Bertz CT molecular complexity index is 821. The van der Waals surface area contributed by atoms with Crippen molar-refractivity contribution in [3.8, 4) is 0 Å². The van der Waals surface area contributed by atoms with Crippen LogP contribution in [-0.4, -0.2) is 38.0 Å². The van der Waals surface area contributed by atoms with Gasteiger partial charge in [0.1, 0.15) is 0 Å². The molecule has 1 amide bonds. The van der Waals surface area contributed by atoms with Crippen molar-refractivity contribution < 1.29 is 13.2 Å². The Balaban J connectivity index is 2.00. The van der Waals surface area contributed by atoms with Gasteiger partial charge < -0.3 is 5.32 Å². The van der Waals surface area contributed by atoms with E-state index in [1.165, 1.54) is 38.0 Å². The Hall–Kier alpha value is -1.83. The Morgan fingerprint density at radius 1 is 1.12 bits per heavy atom. The molecule has 0 saturated heterocycles. The third kappa shape index (κ3) is 5.32. The van der Waals surface area contributed by atoms with Gasteiger partial charge in [0.15, 0.2) is 0 Å². The maximum atomic E-state index is 12.3. The monoisotopic (exact) mass is 378 g/mol. The van der Waals surface area contributed by atoms with E-state index in [0.29, 0.717) is 5.69 Å². The number of nitrogens with one attached hydrogen (secondary N) is 1. The van der Waals surface area contributed by atoms with Crippen molar-refractivity contribution >= 4 is 33.4 Å². The molecular formula is C18H22N2O3S2. The van der Waals surface area contributed by atoms with Crippen molar-refractivity contribution in [2.75, 3.05) is 19.4 Å². The summed E-state index contributed by atoms with van der Waals surface area (Å²) in [5, 5.41) is 2.53. The highest BCUT2D eigenvalue weighted by Crippen LogP contribution is 2.21. The smallest absolute Gasteiger partial charge is 0.242 e. The number of rotatable bonds is 7. The Morgan fingerprint density at radius 2 is 1.80 bits per heavy atom. The van der Waals surface area contributed by atoms with Crippen LogP contribution in [0, 0.1) is 0 Å². The molecule has 0 aliphatic heterocycles. The highest BCUT2D eigenvalue weighted by Gasteiger charge is 2.19. The number of carbonyl (C=O) groups is 1. The molecule has 0 radical (unpaired) electrons. The molecule has 2 aromatic rings. The predicted octanol–water partition coefficient (Wildman–Crippen LogP) is 3.20. The summed E-state index contributed by atoms with van der Waals surface area (Å²) in [6, 6.07) is 16.2. The van der Waals surface area contributed by atoms with Crippen molar-refractivity contribution in [2.24, 2.45) is 0 Å². The van der Waals surface area contributed by atoms with Gasteiger partial charge in [0.25, 0.3) is 0 Å². The summed E-state index contributed by atoms with van der Waals surface area (Å²) in [5.41, 5.74) is 1.63. The van der Waals surface area contributed by atoms with Gasteiger partial charge in [-0.1, -0.05) is 36.4 Å². The first-order chi connectivity index (χ1) is 11.8. The summed E-state index contributed by atoms with van der Waals surface area (Å²) < 4.78 is 25.5. The SMILES string of the molecule is C[C@@H](SCc1ccccc1)C(=O)Nc1cccc(S(=O)(=O)N(C)C)c1. The molecule has 1 N–H and O–H groups in total. The lowest BCUT2D eigenvalue weighted by Crippen LogP contribution is -2.24. The Kier molecular flexibility index (Phi) is 6.64. The molecule has 0 fully saturated rings. The fraction of sp³-hybridized carbons (Fsp3) is 0.278. The average molecular weight is 379 g/mol. The second-order valence-electron chi connectivity index (χ2n) is 5.74. The highest BCUT2D eigenvalue weighted by atomic mass is 32.2. The van der Waals surface area contributed by atoms with Crippen LogP contribution in [0.25, 0.3) is 0 Å². The van der Waals surface area contributed by atoms with E-state index in [1.54, 1.807) is 12.1 Å². The molecule has 25 heavy (non-hydrogen) atoms. The van der Waals surface area contributed by atoms with Gasteiger partial charge in [-0.2, -0.15) is 0 Å². The molecule has 0 saturated carbocycles. The van der Waals surface area contributed by atoms with Crippen molar-refractivity contribution in [3.05, 3.63) is 60.2 Å². The summed E-state index contributed by atoms with van der Waals surface area (Å²) in [6.07, 6.45) is 0. The van der Waals surface area contributed by atoms with Crippen LogP contribution in [0.1, 0.15) is 12.5 Å². The molecule has 0 aromatic heterocycles. The quantitative estimate of drug-likeness (QED) is 0.803. The zero-order valence-electron chi connectivity index (χ0n) is 14.5. The maximum absolute atomic E-state index is 12.3. The fourth-order valence-corrected chi connectivity index (χ4v) is 3.85. The molecule has 7 heteroatoms. The first-order valence-corrected chi connectivity index (χ1v) is 10.3. The van der Waals surface area contributed by atoms with E-state index < -0.39 is 10.0 Å². The number of nitrogens with zero attached hydrogens (tertiary/aromatic N) is 1. The second kappa shape index (κ2) is 8.51. The topological polar surface area (TPSA) is 66.5 Å². The van der Waals surface area contributed by atoms with E-state index in [2.05, 4.69) is 5.32 Å². The van der Waals surface area contributed by atoms with E-state index >= 15 is 0 Å². The summed E-state index contributed by atoms with van der Waals surface area (Å²) in [7, 11) is -0.575. The summed E-state index contributed by atoms with van der Waals surface area (Å²) >= 11 is 1.53. The Morgan fingerprint density at radius 3 is 2.44 bits per heavy atom. The van der Waals surface area contributed by atoms with Gasteiger partial charge in [-0.15, -0.1) is 11.8 Å². The number of sulfonamides is 1. The highest BCUT2D eigenvalue weighted by molar-refractivity contribution is 7.99. The standard InChI is InChI=1S/C18H22N2O3S2/c1-14(24-13-15-8-5-4-6-9-15)18(21)19-16-10-7-11-17(12-16)25(22,23)20(2)3/h4-12,14H,13H2,1-3H3,(H,19,21)/t14-/m1/s1. The first-order valence-electron chi connectivity index (χ1n) is 7.79. The van der Waals surface area contributed by atoms with Crippen LogP contribution in [0.2, 0.25) is 0 Å². The minimum atomic E-state index is -3.52. The minimum absolute atomic E-state index is 0.152. The second-order valence-corrected chi connectivity index (χ2v) is 9.22. The van der Waals surface area contributed by atoms with Crippen LogP contribution in [0.3, 0.4) is 0 Å². The summed E-state index contributed by atoms with van der Waals surface area (Å²) in [4.78, 5) is 12.5. The van der Waals surface area contributed by atoms with E-state index in [4.69, 9.17) is 0 Å². The number of hydrogen-bond donors (Lipinski definition) is 1. The van der Waals surface area contributed by atoms with Gasteiger partial charge in [-0.25, -0.2) is 12.7 Å². The van der Waals surface area contributed by atoms with E-state index in [9.17, 15) is 13.2 Å². The molecule has 5 nitrogen and oxygen atoms in total. The summed E-state index contributed by atoms with van der Waals surface area (Å²) in [6.45, 7) is 1.84. The fourth-order valence-electron chi connectivity index (χ4n) is 2.06. The number of anilines is 1. The maximum Gasteiger partial charge on any atom is 0.242 e. The predicted molar refractivity (Wildman–Crippen MR) is 103 cm³/mol. The molecule has 0 heterocycles. The van der Waals surface area contributed by atoms with Gasteiger partial charge in [-0.05, 0) is 30.7 Å². The van der Waals surface area contributed by atoms with E-state index in [0.717, 1.165) is 15.6 Å². The molecule has 0 bridgehead atoms. The van der Waals surface area contributed by atoms with Gasteiger partial charge in [0.05, 0.1) is 10.1 Å². The number of carbonyl (C=O) groups excluding carboxylic acids is 1. The van der Waals surface area contributed by atoms with E-state index in [-0.39, 0.29) is 16.1 Å². The number of thioether (sulfide) groups is 1. The number of benzene rings is 2. The molecule has 2 aromatic carbocycles. The third-order valence-corrected chi connectivity index (χ3v) is 6.62. The van der Waals surface area contributed by atoms with Gasteiger partial charge in [0.2, 0.25) is 15.9 Å². The van der Waals surface area contributed by atoms with Gasteiger partial charge in [0, 0.05) is 25.5 Å². The summed E-state index contributed by atoms with van der Waals surface area (Å²) in [5.74, 6) is 0.588. The van der Waals surface area contributed by atoms with Crippen LogP contribution in [0.5, 0.6) is 0 Å². The lowest BCUT2D eigenvalue weighted by atomic mass is 10.2. The van der Waals surface area contributed by atoms with Crippen LogP contribution in [0.4, 0.5) is 5.69 Å². The molecule has 2 rings (SSSR count). The Labute approximate surface area is 153 Å². The molecular weight excluding hydrogens is 356 g/mol. The van der Waals surface area contributed by atoms with E-state index in [1.807, 2.05) is 37.3 Å². The zero-order chi connectivity index (χ0) is 18.4. The molecule has 1 atom stereocenters.